The highest BCUT2D eigenvalue weighted by Gasteiger charge is 2.34. The van der Waals surface area contributed by atoms with Crippen LogP contribution in [0.25, 0.3) is 22.3 Å². The molecule has 3 heterocycles. The van der Waals surface area contributed by atoms with Gasteiger partial charge in [-0.1, -0.05) is 6.92 Å². The van der Waals surface area contributed by atoms with Gasteiger partial charge in [-0.3, -0.25) is 9.59 Å². The SMILES string of the molecule is CCc1c(C)cc2n(c1=O)Cc1c-2nc2cc(P)c(C)c3c2c1C(NC(=O)C(O)O)CC3. The number of amides is 1. The Morgan fingerprint density at radius 3 is 2.75 bits per heavy atom. The van der Waals surface area contributed by atoms with Crippen molar-refractivity contribution in [3.05, 3.63) is 55.9 Å². The molecule has 2 aliphatic rings. The van der Waals surface area contributed by atoms with Gasteiger partial charge < -0.3 is 20.1 Å². The number of aliphatic hydroxyl groups excluding tert-OH is 1. The average molecular weight is 451 g/mol. The number of carbonyl (C=O) groups is 1. The number of pyridine rings is 2. The van der Waals surface area contributed by atoms with Crippen molar-refractivity contribution in [1.29, 1.82) is 0 Å². The van der Waals surface area contributed by atoms with E-state index in [1.165, 1.54) is 11.1 Å². The first-order chi connectivity index (χ1) is 15.2. The number of aryl methyl sites for hydroxylation is 2. The van der Waals surface area contributed by atoms with Gasteiger partial charge in [-0.2, -0.15) is 0 Å². The van der Waals surface area contributed by atoms with Crippen LogP contribution >= 0.6 is 9.24 Å². The van der Waals surface area contributed by atoms with Crippen molar-refractivity contribution < 1.29 is 15.0 Å². The van der Waals surface area contributed by atoms with Gasteiger partial charge in [0.2, 0.25) is 6.29 Å². The Morgan fingerprint density at radius 1 is 1.31 bits per heavy atom. The Bertz CT molecular complexity index is 1380. The lowest BCUT2D eigenvalue weighted by atomic mass is 9.82. The van der Waals surface area contributed by atoms with Crippen molar-refractivity contribution >= 4 is 31.4 Å². The zero-order valence-electron chi connectivity index (χ0n) is 18.3. The summed E-state index contributed by atoms with van der Waals surface area (Å²) in [5.41, 5.74) is 8.38. The third-order valence-electron chi connectivity index (χ3n) is 6.97. The highest BCUT2D eigenvalue weighted by atomic mass is 31.0. The topological polar surface area (TPSA) is 104 Å². The van der Waals surface area contributed by atoms with Crippen LogP contribution in [0.3, 0.4) is 0 Å². The lowest BCUT2D eigenvalue weighted by molar-refractivity contribution is -0.148. The Kier molecular flexibility index (Phi) is 4.97. The van der Waals surface area contributed by atoms with Crippen LogP contribution in [0.4, 0.5) is 0 Å². The molecular weight excluding hydrogens is 425 g/mol. The van der Waals surface area contributed by atoms with Crippen molar-refractivity contribution in [2.75, 3.05) is 0 Å². The molecule has 2 atom stereocenters. The van der Waals surface area contributed by atoms with Crippen molar-refractivity contribution in [2.24, 2.45) is 0 Å². The summed E-state index contributed by atoms with van der Waals surface area (Å²) in [5.74, 6) is -0.826. The van der Waals surface area contributed by atoms with Gasteiger partial charge in [0.25, 0.3) is 11.5 Å². The second-order valence-electron chi connectivity index (χ2n) is 8.73. The molecule has 0 spiro atoms. The number of hydrogen-bond donors (Lipinski definition) is 3. The van der Waals surface area contributed by atoms with E-state index in [2.05, 4.69) is 21.5 Å². The highest BCUT2D eigenvalue weighted by Crippen LogP contribution is 2.44. The summed E-state index contributed by atoms with van der Waals surface area (Å²) < 4.78 is 1.78. The summed E-state index contributed by atoms with van der Waals surface area (Å²) in [6, 6.07) is 3.67. The molecule has 166 valence electrons. The smallest absolute Gasteiger partial charge is 0.277 e. The number of benzene rings is 1. The third-order valence-corrected chi connectivity index (χ3v) is 7.57. The van der Waals surface area contributed by atoms with E-state index in [9.17, 15) is 19.8 Å². The minimum Gasteiger partial charge on any atom is -0.361 e. The zero-order valence-corrected chi connectivity index (χ0v) is 19.5. The van der Waals surface area contributed by atoms with Crippen LogP contribution in [0.5, 0.6) is 0 Å². The molecular formula is C24H26N3O4P. The summed E-state index contributed by atoms with van der Waals surface area (Å²) >= 11 is 0. The van der Waals surface area contributed by atoms with Crippen LogP contribution < -0.4 is 16.2 Å². The molecule has 0 radical (unpaired) electrons. The summed E-state index contributed by atoms with van der Waals surface area (Å²) in [4.78, 5) is 30.4. The number of nitrogens with one attached hydrogen (secondary N) is 1. The molecule has 0 saturated heterocycles. The molecule has 1 aliphatic carbocycles. The van der Waals surface area contributed by atoms with E-state index < -0.39 is 12.2 Å². The summed E-state index contributed by atoms with van der Waals surface area (Å²) in [6.45, 7) is 6.42. The minimum absolute atomic E-state index is 0.00192. The van der Waals surface area contributed by atoms with Gasteiger partial charge in [-0.25, -0.2) is 4.98 Å². The maximum absolute atomic E-state index is 13.2. The van der Waals surface area contributed by atoms with Gasteiger partial charge >= 0.3 is 0 Å². The van der Waals surface area contributed by atoms with Gasteiger partial charge in [0.05, 0.1) is 29.5 Å². The van der Waals surface area contributed by atoms with Crippen LogP contribution in [0.1, 0.15) is 52.8 Å². The van der Waals surface area contributed by atoms with Gasteiger partial charge in [-0.05, 0) is 72.8 Å². The fraction of sp³-hybridized carbons (Fsp3) is 0.375. The number of hydrogen-bond acceptors (Lipinski definition) is 5. The van der Waals surface area contributed by atoms with E-state index in [0.717, 1.165) is 56.3 Å². The van der Waals surface area contributed by atoms with E-state index in [0.29, 0.717) is 19.4 Å². The van der Waals surface area contributed by atoms with Crippen LogP contribution in [-0.4, -0.2) is 32.0 Å². The van der Waals surface area contributed by atoms with Gasteiger partial charge in [0.1, 0.15) is 0 Å². The fourth-order valence-corrected chi connectivity index (χ4v) is 5.68. The molecule has 3 N–H and O–H groups in total. The number of carbonyl (C=O) groups excluding carboxylic acids is 1. The number of nitrogens with zero attached hydrogens (tertiary/aromatic N) is 2. The molecule has 1 aliphatic heterocycles. The Labute approximate surface area is 187 Å². The predicted octanol–water partition coefficient (Wildman–Crippen LogP) is 1.52. The third kappa shape index (κ3) is 2.95. The molecule has 8 heteroatoms. The van der Waals surface area contributed by atoms with E-state index in [1.807, 2.05) is 26.0 Å². The van der Waals surface area contributed by atoms with Crippen LogP contribution in [0.15, 0.2) is 16.9 Å². The van der Waals surface area contributed by atoms with E-state index in [1.54, 1.807) is 4.57 Å². The average Bonchev–Trinajstić information content (AvgIpc) is 3.11. The second kappa shape index (κ2) is 7.48. The van der Waals surface area contributed by atoms with Crippen LogP contribution in [-0.2, 0) is 24.2 Å². The Balaban J connectivity index is 1.83. The molecule has 1 aromatic carbocycles. The molecule has 3 aromatic rings. The summed E-state index contributed by atoms with van der Waals surface area (Å²) in [6.07, 6.45) is -0.0314. The first-order valence-electron chi connectivity index (χ1n) is 10.9. The molecule has 0 saturated carbocycles. The molecule has 0 bridgehead atoms. The first kappa shape index (κ1) is 21.3. The van der Waals surface area contributed by atoms with Crippen LogP contribution in [0, 0.1) is 13.8 Å². The van der Waals surface area contributed by atoms with E-state index in [-0.39, 0.29) is 11.6 Å². The Morgan fingerprint density at radius 2 is 2.06 bits per heavy atom. The molecule has 5 rings (SSSR count). The van der Waals surface area contributed by atoms with Crippen molar-refractivity contribution in [3.8, 4) is 11.4 Å². The number of fused-ring (bicyclic) bond motifs is 4. The molecule has 2 unspecified atom stereocenters. The summed E-state index contributed by atoms with van der Waals surface area (Å²) in [5, 5.41) is 23.6. The van der Waals surface area contributed by atoms with Gasteiger partial charge in [0, 0.05) is 16.5 Å². The second-order valence-corrected chi connectivity index (χ2v) is 9.35. The van der Waals surface area contributed by atoms with Crippen molar-refractivity contribution in [3.63, 3.8) is 0 Å². The number of rotatable bonds is 3. The predicted molar refractivity (Wildman–Crippen MR) is 126 cm³/mol. The van der Waals surface area contributed by atoms with Gasteiger partial charge in [0.15, 0.2) is 0 Å². The standard InChI is InChI=1S/C24H26N3O4P/c1-4-12-10(2)7-17-21-14(9-27(17)23(12)29)20-15(26-22(28)24(30)31)6-5-13-11(3)18(32)8-16(25-21)19(13)20/h7-8,15,24,30-31H,4-6,9,32H2,1-3H3,(H,26,28). The zero-order chi connectivity index (χ0) is 22.9. The molecule has 2 aromatic heterocycles. The molecule has 1 amide bonds. The van der Waals surface area contributed by atoms with E-state index in [4.69, 9.17) is 4.98 Å². The first-order valence-corrected chi connectivity index (χ1v) is 11.4. The summed E-state index contributed by atoms with van der Waals surface area (Å²) in [7, 11) is 2.78. The van der Waals surface area contributed by atoms with Crippen LogP contribution in [0.2, 0.25) is 0 Å². The molecule has 0 fully saturated rings. The maximum Gasteiger partial charge on any atom is 0.277 e. The minimum atomic E-state index is -2.08. The number of aliphatic hydroxyl groups is 2. The largest absolute Gasteiger partial charge is 0.361 e. The monoisotopic (exact) mass is 451 g/mol. The van der Waals surface area contributed by atoms with Gasteiger partial charge in [-0.15, -0.1) is 9.24 Å². The normalized spacial score (nSPS) is 16.4. The van der Waals surface area contributed by atoms with Crippen molar-refractivity contribution in [1.82, 2.24) is 14.9 Å². The van der Waals surface area contributed by atoms with E-state index >= 15 is 0 Å². The molecule has 7 nitrogen and oxygen atoms in total. The Hall–Kier alpha value is -2.60. The quantitative estimate of drug-likeness (QED) is 0.324. The maximum atomic E-state index is 13.2. The molecule has 32 heavy (non-hydrogen) atoms. The number of aromatic nitrogens is 2. The lowest BCUT2D eigenvalue weighted by Gasteiger charge is -2.30. The lowest BCUT2D eigenvalue weighted by Crippen LogP contribution is -2.38. The van der Waals surface area contributed by atoms with Crippen molar-refractivity contribution in [2.45, 2.75) is 58.9 Å². The fourth-order valence-electron chi connectivity index (χ4n) is 5.34. The highest BCUT2D eigenvalue weighted by molar-refractivity contribution is 7.27.